The number of aliphatic carboxylic acids is 1. The van der Waals surface area contributed by atoms with Crippen LogP contribution in [0.5, 0.6) is 5.75 Å². The number of carboxylic acids is 1. The van der Waals surface area contributed by atoms with Gasteiger partial charge in [0.2, 0.25) is 17.7 Å². The van der Waals surface area contributed by atoms with Crippen LogP contribution in [0.2, 0.25) is 0 Å². The maximum Gasteiger partial charge on any atom is 0.328 e. The number of carboxylic acid groups (broad SMARTS) is 1. The van der Waals surface area contributed by atoms with Crippen molar-refractivity contribution in [3.05, 3.63) is 29.8 Å². The minimum atomic E-state index is -1.54. The smallest absolute Gasteiger partial charge is 0.328 e. The van der Waals surface area contributed by atoms with Gasteiger partial charge in [-0.3, -0.25) is 14.4 Å². The number of hydrogen-bond acceptors (Lipinski definition) is 7. The second kappa shape index (κ2) is 12.8. The van der Waals surface area contributed by atoms with Crippen LogP contribution in [-0.4, -0.2) is 69.3 Å². The first-order valence-corrected chi connectivity index (χ1v) is 10.7. The summed E-state index contributed by atoms with van der Waals surface area (Å²) in [6.07, 6.45) is -0.627. The largest absolute Gasteiger partial charge is 0.508 e. The van der Waals surface area contributed by atoms with Crippen LogP contribution in [0.15, 0.2) is 24.3 Å². The van der Waals surface area contributed by atoms with Gasteiger partial charge in [-0.25, -0.2) is 4.79 Å². The molecule has 0 aliphatic carbocycles. The molecule has 8 N–H and O–H groups in total. The van der Waals surface area contributed by atoms with E-state index in [2.05, 4.69) is 16.0 Å². The minimum absolute atomic E-state index is 0.0407. The van der Waals surface area contributed by atoms with Crippen LogP contribution >= 0.6 is 0 Å². The van der Waals surface area contributed by atoms with Gasteiger partial charge in [-0.2, -0.15) is 0 Å². The van der Waals surface area contributed by atoms with Crippen molar-refractivity contribution < 1.29 is 34.5 Å². The summed E-state index contributed by atoms with van der Waals surface area (Å²) in [4.78, 5) is 49.0. The lowest BCUT2D eigenvalue weighted by Crippen LogP contribution is -2.58. The van der Waals surface area contributed by atoms with Crippen LogP contribution in [0.1, 0.15) is 39.7 Å². The first-order valence-electron chi connectivity index (χ1n) is 10.7. The normalized spacial score (nSPS) is 16.4. The molecule has 0 aromatic heterocycles. The van der Waals surface area contributed by atoms with Crippen LogP contribution in [-0.2, 0) is 25.6 Å². The average Bonchev–Trinajstić information content (AvgIpc) is 2.76. The van der Waals surface area contributed by atoms with E-state index in [9.17, 15) is 29.4 Å². The number of benzene rings is 1. The van der Waals surface area contributed by atoms with E-state index in [0.717, 1.165) is 0 Å². The Hall–Kier alpha value is -3.18. The highest BCUT2D eigenvalue weighted by molar-refractivity contribution is 5.94. The zero-order chi connectivity index (χ0) is 25.3. The van der Waals surface area contributed by atoms with Gasteiger partial charge >= 0.3 is 5.97 Å². The highest BCUT2D eigenvalue weighted by Gasteiger charge is 2.30. The summed E-state index contributed by atoms with van der Waals surface area (Å²) in [6, 6.07) is 1.44. The van der Waals surface area contributed by atoms with Crippen molar-refractivity contribution in [2.24, 2.45) is 11.7 Å². The third kappa shape index (κ3) is 8.70. The average molecular weight is 467 g/mol. The number of phenolic OH excluding ortho intramolecular Hbond substituents is 1. The SMILES string of the molecule is CCC(C)C(N)C(=O)NC(Cc1ccc(O)cc1)C(=O)NC(C)C(=O)NC(C(=O)O)C(C)O. The number of carbonyl (C=O) groups is 4. The molecule has 0 bridgehead atoms. The van der Waals surface area contributed by atoms with Gasteiger partial charge in [-0.05, 0) is 37.5 Å². The number of hydrogen-bond donors (Lipinski definition) is 7. The van der Waals surface area contributed by atoms with Crippen molar-refractivity contribution in [3.8, 4) is 5.75 Å². The zero-order valence-corrected chi connectivity index (χ0v) is 19.2. The fourth-order valence-corrected chi connectivity index (χ4v) is 2.90. The molecule has 11 heteroatoms. The standard InChI is InChI=1S/C22H34N4O7/c1-5-11(2)17(23)21(31)25-16(10-14-6-8-15(28)9-7-14)20(30)24-12(3)19(29)26-18(13(4)27)22(32)33/h6-9,11-13,16-18,27-28H,5,10,23H2,1-4H3,(H,24,30)(H,25,31)(H,26,29)(H,32,33). The maximum atomic E-state index is 12.9. The first-order chi connectivity index (χ1) is 15.4. The van der Waals surface area contributed by atoms with E-state index in [-0.39, 0.29) is 18.1 Å². The maximum absolute atomic E-state index is 12.9. The summed E-state index contributed by atoms with van der Waals surface area (Å²) >= 11 is 0. The number of phenols is 1. The molecular weight excluding hydrogens is 432 g/mol. The van der Waals surface area contributed by atoms with Crippen molar-refractivity contribution in [1.82, 2.24) is 16.0 Å². The number of nitrogens with two attached hydrogens (primary N) is 1. The van der Waals surface area contributed by atoms with Gasteiger partial charge in [0.1, 0.15) is 17.8 Å². The van der Waals surface area contributed by atoms with Crippen LogP contribution in [0.4, 0.5) is 0 Å². The molecule has 0 aliphatic rings. The molecule has 0 aliphatic heterocycles. The first kappa shape index (κ1) is 27.9. The van der Waals surface area contributed by atoms with E-state index < -0.39 is 54.0 Å². The second-order valence-corrected chi connectivity index (χ2v) is 8.14. The number of aliphatic hydroxyl groups excluding tert-OH is 1. The Labute approximate surface area is 192 Å². The van der Waals surface area contributed by atoms with E-state index >= 15 is 0 Å². The minimum Gasteiger partial charge on any atom is -0.508 e. The Bertz CT molecular complexity index is 829. The van der Waals surface area contributed by atoms with Crippen LogP contribution in [0.25, 0.3) is 0 Å². The molecule has 0 spiro atoms. The third-order valence-corrected chi connectivity index (χ3v) is 5.37. The van der Waals surface area contributed by atoms with Crippen LogP contribution in [0.3, 0.4) is 0 Å². The lowest BCUT2D eigenvalue weighted by atomic mass is 9.98. The number of amides is 3. The monoisotopic (exact) mass is 466 g/mol. The van der Waals surface area contributed by atoms with Gasteiger partial charge in [0.25, 0.3) is 0 Å². The van der Waals surface area contributed by atoms with Gasteiger partial charge in [-0.1, -0.05) is 32.4 Å². The van der Waals surface area contributed by atoms with Crippen molar-refractivity contribution in [2.75, 3.05) is 0 Å². The molecular formula is C22H34N4O7. The fourth-order valence-electron chi connectivity index (χ4n) is 2.90. The van der Waals surface area contributed by atoms with Gasteiger partial charge in [0, 0.05) is 6.42 Å². The Kier molecular flexibility index (Phi) is 10.8. The summed E-state index contributed by atoms with van der Waals surface area (Å²) in [5.74, 6) is -3.53. The Morgan fingerprint density at radius 2 is 1.52 bits per heavy atom. The quantitative estimate of drug-likeness (QED) is 0.209. The molecule has 3 amide bonds. The van der Waals surface area contributed by atoms with E-state index in [1.807, 2.05) is 13.8 Å². The lowest BCUT2D eigenvalue weighted by molar-refractivity contribution is -0.145. The number of rotatable bonds is 12. The molecule has 1 aromatic rings. The van der Waals surface area contributed by atoms with Gasteiger partial charge in [0.15, 0.2) is 6.04 Å². The number of nitrogens with one attached hydrogen (secondary N) is 3. The van der Waals surface area contributed by atoms with E-state index in [1.54, 1.807) is 12.1 Å². The zero-order valence-electron chi connectivity index (χ0n) is 19.2. The van der Waals surface area contributed by atoms with Crippen molar-refractivity contribution in [2.45, 2.75) is 70.8 Å². The molecule has 33 heavy (non-hydrogen) atoms. The topological polar surface area (TPSA) is 191 Å². The number of aromatic hydroxyl groups is 1. The third-order valence-electron chi connectivity index (χ3n) is 5.37. The van der Waals surface area contributed by atoms with E-state index in [0.29, 0.717) is 12.0 Å². The predicted molar refractivity (Wildman–Crippen MR) is 120 cm³/mol. The van der Waals surface area contributed by atoms with Gasteiger partial charge in [0.05, 0.1) is 12.1 Å². The summed E-state index contributed by atoms with van der Waals surface area (Å²) in [6.45, 7) is 6.26. The van der Waals surface area contributed by atoms with Gasteiger partial charge < -0.3 is 37.0 Å². The van der Waals surface area contributed by atoms with Crippen molar-refractivity contribution in [1.29, 1.82) is 0 Å². The van der Waals surface area contributed by atoms with E-state index in [1.165, 1.54) is 26.0 Å². The second-order valence-electron chi connectivity index (χ2n) is 8.14. The molecule has 0 fully saturated rings. The van der Waals surface area contributed by atoms with Crippen molar-refractivity contribution >= 4 is 23.7 Å². The fraction of sp³-hybridized carbons (Fsp3) is 0.545. The predicted octanol–water partition coefficient (Wildman–Crippen LogP) is -0.752. The molecule has 1 rings (SSSR count). The van der Waals surface area contributed by atoms with Crippen LogP contribution in [0, 0.1) is 5.92 Å². The number of carbonyl (C=O) groups excluding carboxylic acids is 3. The van der Waals surface area contributed by atoms with Crippen LogP contribution < -0.4 is 21.7 Å². The Morgan fingerprint density at radius 3 is 2.00 bits per heavy atom. The molecule has 0 heterocycles. The molecule has 184 valence electrons. The number of aliphatic hydroxyl groups is 1. The molecule has 0 radical (unpaired) electrons. The molecule has 0 saturated carbocycles. The molecule has 0 saturated heterocycles. The summed E-state index contributed by atoms with van der Waals surface area (Å²) in [7, 11) is 0. The Morgan fingerprint density at radius 1 is 0.939 bits per heavy atom. The molecule has 11 nitrogen and oxygen atoms in total. The highest BCUT2D eigenvalue weighted by Crippen LogP contribution is 2.12. The Balaban J connectivity index is 2.97. The highest BCUT2D eigenvalue weighted by atomic mass is 16.4. The van der Waals surface area contributed by atoms with Gasteiger partial charge in [-0.15, -0.1) is 0 Å². The lowest BCUT2D eigenvalue weighted by Gasteiger charge is -2.25. The summed E-state index contributed by atoms with van der Waals surface area (Å²) in [5, 5.41) is 35.3. The molecule has 1 aromatic carbocycles. The van der Waals surface area contributed by atoms with E-state index in [4.69, 9.17) is 10.8 Å². The summed E-state index contributed by atoms with van der Waals surface area (Å²) in [5.41, 5.74) is 6.61. The molecule has 6 atom stereocenters. The summed E-state index contributed by atoms with van der Waals surface area (Å²) < 4.78 is 0. The van der Waals surface area contributed by atoms with Crippen molar-refractivity contribution in [3.63, 3.8) is 0 Å². The molecule has 6 unspecified atom stereocenters.